The van der Waals surface area contributed by atoms with Crippen LogP contribution in [0.1, 0.15) is 30.5 Å². The highest BCUT2D eigenvalue weighted by Crippen LogP contribution is 2.26. The lowest BCUT2D eigenvalue weighted by Gasteiger charge is -2.17. The highest BCUT2D eigenvalue weighted by molar-refractivity contribution is 9.10. The molecule has 0 amide bonds. The van der Waals surface area contributed by atoms with Crippen molar-refractivity contribution in [2.45, 2.75) is 19.4 Å². The maximum Gasteiger partial charge on any atom is 0.137 e. The molecule has 0 fully saturated rings. The van der Waals surface area contributed by atoms with Gasteiger partial charge in [0.2, 0.25) is 0 Å². The topological polar surface area (TPSA) is 47.3 Å². The van der Waals surface area contributed by atoms with Gasteiger partial charge in [0.05, 0.1) is 17.1 Å². The zero-order valence-corrected chi connectivity index (χ0v) is 13.4. The molecule has 2 aromatic carbocycles. The Balaban J connectivity index is 2.22. The smallest absolute Gasteiger partial charge is 0.137 e. The Morgan fingerprint density at radius 1 is 1.19 bits per heavy atom. The third kappa shape index (κ3) is 4.03. The van der Waals surface area contributed by atoms with Crippen molar-refractivity contribution < 1.29 is 9.13 Å². The van der Waals surface area contributed by atoms with Gasteiger partial charge in [0.25, 0.3) is 0 Å². The van der Waals surface area contributed by atoms with Gasteiger partial charge in [-0.05, 0) is 57.7 Å². The van der Waals surface area contributed by atoms with Crippen molar-refractivity contribution in [3.8, 4) is 5.75 Å². The number of hydrogen-bond donors (Lipinski definition) is 2. The van der Waals surface area contributed by atoms with Crippen LogP contribution in [0.5, 0.6) is 5.75 Å². The third-order valence-corrected chi connectivity index (χ3v) is 3.77. The Labute approximate surface area is 132 Å². The molecule has 1 atom stereocenters. The molecule has 3 N–H and O–H groups in total. The summed E-state index contributed by atoms with van der Waals surface area (Å²) in [6.45, 7) is 2.75. The van der Waals surface area contributed by atoms with E-state index in [4.69, 9.17) is 10.6 Å². The Morgan fingerprint density at radius 3 is 2.43 bits per heavy atom. The Bertz CT molecular complexity index is 589. The quantitative estimate of drug-likeness (QED) is 0.611. The van der Waals surface area contributed by atoms with Crippen molar-refractivity contribution in [2.75, 3.05) is 6.61 Å². The minimum absolute atomic E-state index is 0.271. The van der Waals surface area contributed by atoms with Crippen LogP contribution in [-0.2, 0) is 0 Å². The molecule has 0 saturated heterocycles. The number of nitrogens with two attached hydrogens (primary N) is 1. The van der Waals surface area contributed by atoms with Crippen molar-refractivity contribution in [3.05, 3.63) is 63.9 Å². The maximum absolute atomic E-state index is 13.7. The van der Waals surface area contributed by atoms with Crippen molar-refractivity contribution in [1.82, 2.24) is 5.43 Å². The summed E-state index contributed by atoms with van der Waals surface area (Å²) in [5.74, 6) is 6.14. The summed E-state index contributed by atoms with van der Waals surface area (Å²) < 4.78 is 19.6. The molecule has 3 nitrogen and oxygen atoms in total. The predicted octanol–water partition coefficient (Wildman–Crippen LogP) is 3.93. The van der Waals surface area contributed by atoms with Crippen LogP contribution in [0, 0.1) is 5.82 Å². The number of benzene rings is 2. The van der Waals surface area contributed by atoms with E-state index in [0.29, 0.717) is 11.1 Å². The summed E-state index contributed by atoms with van der Waals surface area (Å²) in [4.78, 5) is 0. The number of hydrogen-bond acceptors (Lipinski definition) is 3. The Kier molecular flexibility index (Phi) is 5.73. The van der Waals surface area contributed by atoms with E-state index >= 15 is 0 Å². The van der Waals surface area contributed by atoms with Gasteiger partial charge in [0.1, 0.15) is 11.6 Å². The summed E-state index contributed by atoms with van der Waals surface area (Å²) in [6.07, 6.45) is 0.965. The van der Waals surface area contributed by atoms with Crippen LogP contribution < -0.4 is 16.0 Å². The number of nitrogens with one attached hydrogen (secondary N) is 1. The fourth-order valence-corrected chi connectivity index (χ4v) is 2.30. The van der Waals surface area contributed by atoms with Crippen LogP contribution in [-0.4, -0.2) is 6.61 Å². The number of hydrazine groups is 1. The van der Waals surface area contributed by atoms with Gasteiger partial charge in [0.15, 0.2) is 0 Å². The van der Waals surface area contributed by atoms with E-state index in [2.05, 4.69) is 28.3 Å². The summed E-state index contributed by atoms with van der Waals surface area (Å²) in [5, 5.41) is 0. The molecule has 0 aliphatic heterocycles. The first-order valence-corrected chi connectivity index (χ1v) is 7.58. The first-order chi connectivity index (χ1) is 10.2. The highest BCUT2D eigenvalue weighted by Gasteiger charge is 2.14. The van der Waals surface area contributed by atoms with Crippen LogP contribution in [0.3, 0.4) is 0 Å². The van der Waals surface area contributed by atoms with E-state index in [0.717, 1.165) is 23.3 Å². The van der Waals surface area contributed by atoms with Crippen LogP contribution >= 0.6 is 15.9 Å². The molecule has 0 aromatic heterocycles. The monoisotopic (exact) mass is 352 g/mol. The van der Waals surface area contributed by atoms with Gasteiger partial charge in [-0.15, -0.1) is 0 Å². The normalized spacial score (nSPS) is 12.2. The van der Waals surface area contributed by atoms with Crippen molar-refractivity contribution in [2.24, 2.45) is 5.84 Å². The average Bonchev–Trinajstić information content (AvgIpc) is 2.50. The molecule has 0 heterocycles. The second-order valence-electron chi connectivity index (χ2n) is 4.69. The van der Waals surface area contributed by atoms with Gasteiger partial charge < -0.3 is 4.74 Å². The lowest BCUT2D eigenvalue weighted by atomic mass is 9.99. The van der Waals surface area contributed by atoms with Gasteiger partial charge in [-0.1, -0.05) is 25.1 Å². The largest absolute Gasteiger partial charge is 0.494 e. The molecular formula is C16H18BrFN2O. The molecule has 1 unspecified atom stereocenters. The van der Waals surface area contributed by atoms with Gasteiger partial charge in [0, 0.05) is 0 Å². The third-order valence-electron chi connectivity index (χ3n) is 3.13. The first kappa shape index (κ1) is 15.9. The standard InChI is InChI=1S/C16H18BrFN2O/c1-2-9-21-13-6-3-11(4-7-13)16(20-19)12-5-8-14(17)15(18)10-12/h3-8,10,16,20H,2,9,19H2,1H3. The SMILES string of the molecule is CCCOc1ccc(C(NN)c2ccc(Br)c(F)c2)cc1. The molecule has 5 heteroatoms. The minimum Gasteiger partial charge on any atom is -0.494 e. The summed E-state index contributed by atoms with van der Waals surface area (Å²) >= 11 is 3.15. The molecule has 2 rings (SSSR count). The summed E-state index contributed by atoms with van der Waals surface area (Å²) in [5.41, 5.74) is 4.43. The first-order valence-electron chi connectivity index (χ1n) is 6.79. The van der Waals surface area contributed by atoms with E-state index in [1.165, 1.54) is 6.07 Å². The molecule has 0 aliphatic carbocycles. The fourth-order valence-electron chi connectivity index (χ4n) is 2.05. The second kappa shape index (κ2) is 7.54. The summed E-state index contributed by atoms with van der Waals surface area (Å²) in [6, 6.07) is 12.3. The Morgan fingerprint density at radius 2 is 1.86 bits per heavy atom. The van der Waals surface area contributed by atoms with E-state index < -0.39 is 0 Å². The predicted molar refractivity (Wildman–Crippen MR) is 85.5 cm³/mol. The lowest BCUT2D eigenvalue weighted by molar-refractivity contribution is 0.317. The summed E-state index contributed by atoms with van der Waals surface area (Å²) in [7, 11) is 0. The van der Waals surface area contributed by atoms with Gasteiger partial charge in [-0.2, -0.15) is 0 Å². The van der Waals surface area contributed by atoms with Crippen LogP contribution in [0.2, 0.25) is 0 Å². The van der Waals surface area contributed by atoms with Gasteiger partial charge >= 0.3 is 0 Å². The van der Waals surface area contributed by atoms with E-state index in [-0.39, 0.29) is 11.9 Å². The van der Waals surface area contributed by atoms with Crippen LogP contribution in [0.15, 0.2) is 46.9 Å². The fraction of sp³-hybridized carbons (Fsp3) is 0.250. The molecule has 2 aromatic rings. The van der Waals surface area contributed by atoms with Crippen molar-refractivity contribution >= 4 is 15.9 Å². The molecular weight excluding hydrogens is 335 g/mol. The molecule has 0 saturated carbocycles. The number of halogens is 2. The zero-order chi connectivity index (χ0) is 15.2. The van der Waals surface area contributed by atoms with E-state index in [1.807, 2.05) is 30.3 Å². The van der Waals surface area contributed by atoms with Crippen LogP contribution in [0.25, 0.3) is 0 Å². The molecule has 0 bridgehead atoms. The highest BCUT2D eigenvalue weighted by atomic mass is 79.9. The molecule has 0 radical (unpaired) electrons. The van der Waals surface area contributed by atoms with E-state index in [1.54, 1.807) is 6.07 Å². The molecule has 0 aliphatic rings. The van der Waals surface area contributed by atoms with Gasteiger partial charge in [-0.3, -0.25) is 5.84 Å². The molecule has 0 spiro atoms. The Hall–Kier alpha value is -1.43. The van der Waals surface area contributed by atoms with Crippen molar-refractivity contribution in [3.63, 3.8) is 0 Å². The second-order valence-corrected chi connectivity index (χ2v) is 5.55. The number of rotatable bonds is 6. The number of ether oxygens (including phenoxy) is 1. The van der Waals surface area contributed by atoms with Crippen molar-refractivity contribution in [1.29, 1.82) is 0 Å². The molecule has 21 heavy (non-hydrogen) atoms. The maximum atomic E-state index is 13.7. The van der Waals surface area contributed by atoms with Crippen LogP contribution in [0.4, 0.5) is 4.39 Å². The lowest BCUT2D eigenvalue weighted by Crippen LogP contribution is -2.28. The molecule has 112 valence electrons. The van der Waals surface area contributed by atoms with E-state index in [9.17, 15) is 4.39 Å². The average molecular weight is 353 g/mol. The van der Waals surface area contributed by atoms with Gasteiger partial charge in [-0.25, -0.2) is 9.82 Å². The zero-order valence-electron chi connectivity index (χ0n) is 11.8. The minimum atomic E-state index is -0.310.